The molecule has 2 heteroatoms. The second-order valence-corrected chi connectivity index (χ2v) is 5.60. The first-order valence-electron chi connectivity index (χ1n) is 5.05. The van der Waals surface area contributed by atoms with Crippen LogP contribution in [0.1, 0.15) is 36.8 Å². The average Bonchev–Trinajstić information content (AvgIpc) is 2.46. The van der Waals surface area contributed by atoms with Crippen LogP contribution in [0.3, 0.4) is 0 Å². The van der Waals surface area contributed by atoms with Gasteiger partial charge in [0.05, 0.1) is 4.21 Å². The van der Waals surface area contributed by atoms with E-state index < -0.39 is 0 Å². The van der Waals surface area contributed by atoms with Crippen LogP contribution in [0.25, 0.3) is 0 Å². The number of aryl methyl sites for hydroxylation is 1. The van der Waals surface area contributed by atoms with Crippen molar-refractivity contribution in [2.75, 3.05) is 6.26 Å². The Bertz CT molecular complexity index is 276. The first-order valence-corrected chi connectivity index (χ1v) is 7.15. The molecule has 0 aromatic carbocycles. The minimum Gasteiger partial charge on any atom is -0.137 e. The van der Waals surface area contributed by atoms with Crippen LogP contribution >= 0.6 is 23.1 Å². The Balaban J connectivity index is 2.25. The predicted octanol–water partition coefficient (Wildman–Crippen LogP) is 4.13. The predicted molar refractivity (Wildman–Crippen MR) is 62.0 cm³/mol. The second-order valence-electron chi connectivity index (χ2n) is 3.65. The van der Waals surface area contributed by atoms with Crippen LogP contribution in [0.4, 0.5) is 0 Å². The number of thiophene rings is 1. The summed E-state index contributed by atoms with van der Waals surface area (Å²) in [6.07, 6.45) is 10.5. The Morgan fingerprint density at radius 2 is 1.92 bits per heavy atom. The molecule has 1 aliphatic rings. The normalized spacial score (nSPS) is 17.6. The van der Waals surface area contributed by atoms with Crippen molar-refractivity contribution in [1.82, 2.24) is 0 Å². The highest BCUT2D eigenvalue weighted by Crippen LogP contribution is 2.34. The maximum absolute atomic E-state index is 2.38. The standard InChI is InChI=1S/C11H16S2/c1-12-11-10-7-5-3-2-4-6-9(10)8-13-11/h8H,2-7H2,1H3. The molecular weight excluding hydrogens is 196 g/mol. The van der Waals surface area contributed by atoms with Crippen LogP contribution < -0.4 is 0 Å². The molecule has 0 N–H and O–H groups in total. The molecule has 0 unspecified atom stereocenters. The number of fused-ring (bicyclic) bond motifs is 1. The van der Waals surface area contributed by atoms with Crippen molar-refractivity contribution in [2.45, 2.75) is 42.7 Å². The molecule has 0 fully saturated rings. The van der Waals surface area contributed by atoms with Gasteiger partial charge in [0.2, 0.25) is 0 Å². The molecule has 1 aliphatic carbocycles. The lowest BCUT2D eigenvalue weighted by Crippen LogP contribution is -1.96. The maximum atomic E-state index is 2.38. The Morgan fingerprint density at radius 1 is 1.15 bits per heavy atom. The molecule has 72 valence electrons. The molecule has 0 saturated carbocycles. The smallest absolute Gasteiger partial charge is 0.0630 e. The molecule has 0 amide bonds. The lowest BCUT2D eigenvalue weighted by atomic mass is 9.97. The van der Waals surface area contributed by atoms with Gasteiger partial charge in [-0.25, -0.2) is 0 Å². The van der Waals surface area contributed by atoms with E-state index in [1.807, 2.05) is 23.1 Å². The molecule has 0 aliphatic heterocycles. The summed E-state index contributed by atoms with van der Waals surface area (Å²) in [6.45, 7) is 0. The number of hydrogen-bond acceptors (Lipinski definition) is 2. The molecule has 1 aromatic heterocycles. The summed E-state index contributed by atoms with van der Waals surface area (Å²) >= 11 is 3.87. The molecule has 0 saturated heterocycles. The van der Waals surface area contributed by atoms with Crippen LogP contribution in [0.2, 0.25) is 0 Å². The van der Waals surface area contributed by atoms with Gasteiger partial charge in [-0.15, -0.1) is 23.1 Å². The van der Waals surface area contributed by atoms with Gasteiger partial charge in [-0.1, -0.05) is 12.8 Å². The summed E-state index contributed by atoms with van der Waals surface area (Å²) in [6, 6.07) is 0. The van der Waals surface area contributed by atoms with Gasteiger partial charge in [-0.3, -0.25) is 0 Å². The zero-order valence-electron chi connectivity index (χ0n) is 8.14. The molecule has 1 aromatic rings. The van der Waals surface area contributed by atoms with Crippen molar-refractivity contribution in [3.8, 4) is 0 Å². The van der Waals surface area contributed by atoms with E-state index in [0.717, 1.165) is 0 Å². The highest BCUT2D eigenvalue weighted by atomic mass is 32.2. The van der Waals surface area contributed by atoms with Gasteiger partial charge in [0.15, 0.2) is 0 Å². The monoisotopic (exact) mass is 212 g/mol. The maximum Gasteiger partial charge on any atom is 0.0630 e. The summed E-state index contributed by atoms with van der Waals surface area (Å²) in [4.78, 5) is 0. The average molecular weight is 212 g/mol. The van der Waals surface area contributed by atoms with E-state index in [1.54, 1.807) is 15.3 Å². The third kappa shape index (κ3) is 2.10. The van der Waals surface area contributed by atoms with Gasteiger partial charge in [-0.05, 0) is 48.4 Å². The van der Waals surface area contributed by atoms with E-state index >= 15 is 0 Å². The Hall–Kier alpha value is 0.0500. The molecule has 13 heavy (non-hydrogen) atoms. The van der Waals surface area contributed by atoms with Gasteiger partial charge < -0.3 is 0 Å². The Kier molecular flexibility index (Phi) is 3.33. The molecule has 0 bridgehead atoms. The van der Waals surface area contributed by atoms with Crippen molar-refractivity contribution in [3.05, 3.63) is 16.5 Å². The second kappa shape index (κ2) is 4.52. The van der Waals surface area contributed by atoms with Gasteiger partial charge in [0.25, 0.3) is 0 Å². The van der Waals surface area contributed by atoms with Crippen molar-refractivity contribution < 1.29 is 0 Å². The summed E-state index contributed by atoms with van der Waals surface area (Å²) in [7, 11) is 0. The van der Waals surface area contributed by atoms with E-state index in [9.17, 15) is 0 Å². The van der Waals surface area contributed by atoms with Gasteiger partial charge in [-0.2, -0.15) is 0 Å². The van der Waals surface area contributed by atoms with Crippen molar-refractivity contribution in [1.29, 1.82) is 0 Å². The van der Waals surface area contributed by atoms with E-state index in [-0.39, 0.29) is 0 Å². The van der Waals surface area contributed by atoms with E-state index in [4.69, 9.17) is 0 Å². The third-order valence-corrected chi connectivity index (χ3v) is 5.02. The van der Waals surface area contributed by atoms with Crippen LogP contribution in [-0.2, 0) is 12.8 Å². The highest BCUT2D eigenvalue weighted by Gasteiger charge is 2.12. The van der Waals surface area contributed by atoms with Gasteiger partial charge in [0, 0.05) is 0 Å². The minimum absolute atomic E-state index is 1.33. The largest absolute Gasteiger partial charge is 0.137 e. The topological polar surface area (TPSA) is 0 Å². The fraction of sp³-hybridized carbons (Fsp3) is 0.636. The summed E-state index contributed by atoms with van der Waals surface area (Å²) in [5.41, 5.74) is 3.33. The molecule has 0 radical (unpaired) electrons. The summed E-state index contributed by atoms with van der Waals surface area (Å²) < 4.78 is 1.57. The molecule has 1 heterocycles. The highest BCUT2D eigenvalue weighted by molar-refractivity contribution is 8.00. The lowest BCUT2D eigenvalue weighted by Gasteiger charge is -2.10. The molecule has 0 spiro atoms. The molecular formula is C11H16S2. The van der Waals surface area contributed by atoms with Crippen molar-refractivity contribution >= 4 is 23.1 Å². The van der Waals surface area contributed by atoms with Gasteiger partial charge >= 0.3 is 0 Å². The van der Waals surface area contributed by atoms with E-state index in [1.165, 1.54) is 38.5 Å². The quantitative estimate of drug-likeness (QED) is 0.631. The summed E-state index contributed by atoms with van der Waals surface area (Å²) in [5, 5.41) is 2.38. The molecule has 2 rings (SSSR count). The molecule has 0 nitrogen and oxygen atoms in total. The van der Waals surface area contributed by atoms with Crippen molar-refractivity contribution in [3.63, 3.8) is 0 Å². The van der Waals surface area contributed by atoms with Crippen LogP contribution in [0.5, 0.6) is 0 Å². The first-order chi connectivity index (χ1) is 6.42. The zero-order valence-corrected chi connectivity index (χ0v) is 9.77. The van der Waals surface area contributed by atoms with Crippen LogP contribution in [-0.4, -0.2) is 6.26 Å². The fourth-order valence-corrected chi connectivity index (χ4v) is 3.91. The van der Waals surface area contributed by atoms with E-state index in [2.05, 4.69) is 11.6 Å². The summed E-state index contributed by atoms with van der Waals surface area (Å²) in [5.74, 6) is 0. The van der Waals surface area contributed by atoms with Crippen LogP contribution in [0.15, 0.2) is 9.59 Å². The number of hydrogen-bond donors (Lipinski definition) is 0. The Labute approximate surface area is 88.7 Å². The van der Waals surface area contributed by atoms with E-state index in [0.29, 0.717) is 0 Å². The first kappa shape index (κ1) is 9.60. The minimum atomic E-state index is 1.33. The number of thioether (sulfide) groups is 1. The third-order valence-electron chi connectivity index (χ3n) is 2.75. The Morgan fingerprint density at radius 3 is 2.69 bits per heavy atom. The fourth-order valence-electron chi connectivity index (χ4n) is 2.01. The lowest BCUT2D eigenvalue weighted by molar-refractivity contribution is 0.616. The van der Waals surface area contributed by atoms with Gasteiger partial charge in [0.1, 0.15) is 0 Å². The van der Waals surface area contributed by atoms with Crippen LogP contribution in [0, 0.1) is 0 Å². The molecule has 0 atom stereocenters. The zero-order chi connectivity index (χ0) is 9.10. The SMILES string of the molecule is CSc1scc2c1CCCCCC2. The number of rotatable bonds is 1. The van der Waals surface area contributed by atoms with Crippen molar-refractivity contribution in [2.24, 2.45) is 0 Å².